The van der Waals surface area contributed by atoms with Gasteiger partial charge in [-0.2, -0.15) is 0 Å². The zero-order valence-corrected chi connectivity index (χ0v) is 11.1. The first kappa shape index (κ1) is 14.1. The topological polar surface area (TPSA) is 50.5 Å². The molecule has 0 atom stereocenters. The van der Waals surface area contributed by atoms with Gasteiger partial charge in [-0.25, -0.2) is 0 Å². The van der Waals surface area contributed by atoms with Crippen molar-refractivity contribution in [3.05, 3.63) is 23.2 Å². The number of nitrogen functional groups attached to an aromatic ring is 1. The maximum Gasteiger partial charge on any atom is 0.0589 e. The summed E-state index contributed by atoms with van der Waals surface area (Å²) in [4.78, 5) is 2.19. The van der Waals surface area contributed by atoms with Crippen LogP contribution in [0.15, 0.2) is 18.2 Å². The molecular formula is C12H20ClN3O. The normalized spacial score (nSPS) is 10.8. The number of benzene rings is 1. The molecular weight excluding hydrogens is 238 g/mol. The van der Waals surface area contributed by atoms with Gasteiger partial charge in [0, 0.05) is 31.8 Å². The van der Waals surface area contributed by atoms with Gasteiger partial charge >= 0.3 is 0 Å². The molecule has 0 radical (unpaired) electrons. The summed E-state index contributed by atoms with van der Waals surface area (Å²) in [7, 11) is 3.76. The number of ether oxygens (including phenoxy) is 1. The van der Waals surface area contributed by atoms with Crippen LogP contribution in [0.1, 0.15) is 0 Å². The summed E-state index contributed by atoms with van der Waals surface area (Å²) in [5.41, 5.74) is 7.44. The van der Waals surface area contributed by atoms with E-state index in [1.165, 1.54) is 0 Å². The first-order valence-electron chi connectivity index (χ1n) is 5.60. The van der Waals surface area contributed by atoms with Crippen LogP contribution in [0, 0.1) is 0 Å². The van der Waals surface area contributed by atoms with E-state index in [0.717, 1.165) is 31.9 Å². The molecule has 3 N–H and O–H groups in total. The summed E-state index contributed by atoms with van der Waals surface area (Å²) >= 11 is 5.90. The van der Waals surface area contributed by atoms with Gasteiger partial charge in [0.25, 0.3) is 0 Å². The minimum absolute atomic E-state index is 0.689. The second-order valence-corrected chi connectivity index (χ2v) is 4.39. The molecule has 5 heteroatoms. The Morgan fingerprint density at radius 2 is 2.18 bits per heavy atom. The summed E-state index contributed by atoms with van der Waals surface area (Å²) in [6.07, 6.45) is 0. The second kappa shape index (κ2) is 7.37. The smallest absolute Gasteiger partial charge is 0.0589 e. The zero-order chi connectivity index (χ0) is 12.7. The number of rotatable bonds is 7. The van der Waals surface area contributed by atoms with Crippen LogP contribution in [0.4, 0.5) is 11.4 Å². The molecule has 1 rings (SSSR count). The average Bonchev–Trinajstić information content (AvgIpc) is 2.31. The highest BCUT2D eigenvalue weighted by Crippen LogP contribution is 2.22. The lowest BCUT2D eigenvalue weighted by molar-refractivity contribution is 0.163. The van der Waals surface area contributed by atoms with Gasteiger partial charge in [-0.1, -0.05) is 11.6 Å². The van der Waals surface area contributed by atoms with Crippen LogP contribution in [0.5, 0.6) is 0 Å². The molecule has 0 aliphatic rings. The maximum absolute atomic E-state index is 5.90. The van der Waals surface area contributed by atoms with Crippen molar-refractivity contribution in [3.8, 4) is 0 Å². The third-order valence-electron chi connectivity index (χ3n) is 2.50. The molecule has 0 saturated heterocycles. The first-order chi connectivity index (χ1) is 8.13. The molecule has 1 aromatic carbocycles. The Labute approximate surface area is 108 Å². The van der Waals surface area contributed by atoms with Crippen molar-refractivity contribution < 1.29 is 4.74 Å². The Kier molecular flexibility index (Phi) is 6.11. The zero-order valence-electron chi connectivity index (χ0n) is 10.4. The lowest BCUT2D eigenvalue weighted by Gasteiger charge is -2.17. The number of nitrogens with one attached hydrogen (secondary N) is 1. The van der Waals surface area contributed by atoms with E-state index in [0.29, 0.717) is 10.7 Å². The number of methoxy groups -OCH3 is 1. The Bertz CT molecular complexity index is 347. The molecule has 0 saturated carbocycles. The number of halogens is 1. The van der Waals surface area contributed by atoms with Crippen LogP contribution in [0.2, 0.25) is 5.02 Å². The van der Waals surface area contributed by atoms with Gasteiger partial charge in [-0.3, -0.25) is 0 Å². The van der Waals surface area contributed by atoms with Crippen LogP contribution >= 0.6 is 11.6 Å². The number of hydrogen-bond acceptors (Lipinski definition) is 4. The van der Waals surface area contributed by atoms with Crippen molar-refractivity contribution in [2.75, 3.05) is 51.4 Å². The molecule has 0 fully saturated rings. The first-order valence-corrected chi connectivity index (χ1v) is 5.97. The SMILES string of the molecule is COCCN(C)CCNc1cc(Cl)ccc1N. The molecule has 0 heterocycles. The van der Waals surface area contributed by atoms with Crippen LogP contribution in [0.3, 0.4) is 0 Å². The third-order valence-corrected chi connectivity index (χ3v) is 2.74. The van der Waals surface area contributed by atoms with Gasteiger partial charge < -0.3 is 20.7 Å². The summed E-state index contributed by atoms with van der Waals surface area (Å²) in [6, 6.07) is 5.43. The predicted molar refractivity (Wildman–Crippen MR) is 73.7 cm³/mol. The number of likely N-dealkylation sites (N-methyl/N-ethyl adjacent to an activating group) is 1. The summed E-state index contributed by atoms with van der Waals surface area (Å²) < 4.78 is 5.01. The van der Waals surface area contributed by atoms with Crippen LogP contribution in [-0.4, -0.2) is 45.3 Å². The van der Waals surface area contributed by atoms with Gasteiger partial charge in [-0.05, 0) is 25.2 Å². The summed E-state index contributed by atoms with van der Waals surface area (Å²) in [6.45, 7) is 3.42. The number of nitrogens with two attached hydrogens (primary N) is 1. The molecule has 4 nitrogen and oxygen atoms in total. The molecule has 0 aliphatic heterocycles. The molecule has 17 heavy (non-hydrogen) atoms. The van der Waals surface area contributed by atoms with E-state index >= 15 is 0 Å². The van der Waals surface area contributed by atoms with E-state index < -0.39 is 0 Å². The van der Waals surface area contributed by atoms with E-state index in [-0.39, 0.29) is 0 Å². The van der Waals surface area contributed by atoms with Crippen molar-refractivity contribution in [2.24, 2.45) is 0 Å². The molecule has 0 spiro atoms. The van der Waals surface area contributed by atoms with E-state index in [9.17, 15) is 0 Å². The van der Waals surface area contributed by atoms with Crippen LogP contribution in [-0.2, 0) is 4.74 Å². The fraction of sp³-hybridized carbons (Fsp3) is 0.500. The number of hydrogen-bond donors (Lipinski definition) is 2. The van der Waals surface area contributed by atoms with Gasteiger partial charge in [0.1, 0.15) is 0 Å². The second-order valence-electron chi connectivity index (χ2n) is 3.95. The molecule has 96 valence electrons. The Morgan fingerprint density at radius 1 is 1.41 bits per heavy atom. The van der Waals surface area contributed by atoms with Crippen molar-refractivity contribution in [1.29, 1.82) is 0 Å². The fourth-order valence-electron chi connectivity index (χ4n) is 1.42. The lowest BCUT2D eigenvalue weighted by atomic mass is 10.2. The summed E-state index contributed by atoms with van der Waals surface area (Å²) in [5, 5.41) is 3.96. The van der Waals surface area contributed by atoms with Gasteiger partial charge in [0.15, 0.2) is 0 Å². The van der Waals surface area contributed by atoms with E-state index in [1.807, 2.05) is 6.07 Å². The number of anilines is 2. The number of nitrogens with zero attached hydrogens (tertiary/aromatic N) is 1. The Hall–Kier alpha value is -0.970. The molecule has 0 aliphatic carbocycles. The molecule has 0 aromatic heterocycles. The third kappa shape index (κ3) is 5.26. The van der Waals surface area contributed by atoms with Crippen molar-refractivity contribution in [1.82, 2.24) is 4.90 Å². The van der Waals surface area contributed by atoms with Gasteiger partial charge in [0.2, 0.25) is 0 Å². The van der Waals surface area contributed by atoms with E-state index in [2.05, 4.69) is 17.3 Å². The monoisotopic (exact) mass is 257 g/mol. The average molecular weight is 258 g/mol. The predicted octanol–water partition coefficient (Wildman–Crippen LogP) is 1.91. The van der Waals surface area contributed by atoms with E-state index in [1.54, 1.807) is 19.2 Å². The highest BCUT2D eigenvalue weighted by molar-refractivity contribution is 6.31. The fourth-order valence-corrected chi connectivity index (χ4v) is 1.59. The molecule has 0 amide bonds. The standard InChI is InChI=1S/C12H20ClN3O/c1-16(7-8-17-2)6-5-15-12-9-10(13)3-4-11(12)14/h3-4,9,15H,5-8,14H2,1-2H3. The highest BCUT2D eigenvalue weighted by Gasteiger charge is 2.01. The maximum atomic E-state index is 5.90. The lowest BCUT2D eigenvalue weighted by Crippen LogP contribution is -2.28. The summed E-state index contributed by atoms with van der Waals surface area (Å²) in [5.74, 6) is 0. The van der Waals surface area contributed by atoms with Crippen LogP contribution in [0.25, 0.3) is 0 Å². The van der Waals surface area contributed by atoms with Crippen molar-refractivity contribution in [3.63, 3.8) is 0 Å². The minimum atomic E-state index is 0.689. The molecule has 0 unspecified atom stereocenters. The largest absolute Gasteiger partial charge is 0.397 e. The van der Waals surface area contributed by atoms with Gasteiger partial charge in [-0.15, -0.1) is 0 Å². The van der Waals surface area contributed by atoms with Gasteiger partial charge in [0.05, 0.1) is 18.0 Å². The van der Waals surface area contributed by atoms with Crippen molar-refractivity contribution >= 4 is 23.0 Å². The highest BCUT2D eigenvalue weighted by atomic mass is 35.5. The Morgan fingerprint density at radius 3 is 2.88 bits per heavy atom. The molecule has 0 bridgehead atoms. The minimum Gasteiger partial charge on any atom is -0.397 e. The molecule has 1 aromatic rings. The van der Waals surface area contributed by atoms with Crippen molar-refractivity contribution in [2.45, 2.75) is 0 Å². The van der Waals surface area contributed by atoms with Crippen LogP contribution < -0.4 is 11.1 Å². The Balaban J connectivity index is 2.32. The van der Waals surface area contributed by atoms with E-state index in [4.69, 9.17) is 22.1 Å². The quantitative estimate of drug-likeness (QED) is 0.733.